The third-order valence-corrected chi connectivity index (χ3v) is 4.95. The first kappa shape index (κ1) is 28.9. The maximum atomic E-state index is 13.0. The highest BCUT2D eigenvalue weighted by Gasteiger charge is 2.32. The first-order valence-corrected chi connectivity index (χ1v) is 11.3. The molecule has 176 valence electrons. The molecule has 3 N–H and O–H groups in total. The van der Waals surface area contributed by atoms with E-state index < -0.39 is 26.1 Å². The third-order valence-electron chi connectivity index (χ3n) is 3.55. The number of hydrogen-bond acceptors (Lipinski definition) is 7. The summed E-state index contributed by atoms with van der Waals surface area (Å²) in [6, 6.07) is 0. The van der Waals surface area contributed by atoms with Crippen LogP contribution in [0.3, 0.4) is 0 Å². The molecule has 0 amide bonds. The molecular weight excluding hydrogens is 401 g/mol. The van der Waals surface area contributed by atoms with Gasteiger partial charge in [-0.05, 0) is 0 Å². The minimum atomic E-state index is -4.08. The van der Waals surface area contributed by atoms with Gasteiger partial charge in [-0.2, -0.15) is 0 Å². The van der Waals surface area contributed by atoms with Crippen molar-refractivity contribution in [3.8, 4) is 0 Å². The van der Waals surface area contributed by atoms with Crippen LogP contribution in [-0.2, 0) is 18.1 Å². The Hall–Kier alpha value is -0.130. The van der Waals surface area contributed by atoms with E-state index in [-0.39, 0.29) is 19.8 Å². The van der Waals surface area contributed by atoms with Crippen LogP contribution in [0.15, 0.2) is 0 Å². The lowest BCUT2D eigenvalue weighted by Gasteiger charge is -2.29. The summed E-state index contributed by atoms with van der Waals surface area (Å²) in [6.07, 6.45) is -2.62. The van der Waals surface area contributed by atoms with Crippen molar-refractivity contribution in [1.82, 2.24) is 0 Å². The first-order valence-electron chi connectivity index (χ1n) is 9.79. The van der Waals surface area contributed by atoms with Gasteiger partial charge in [0.25, 0.3) is 0 Å². The number of aliphatic hydroxyl groups excluding tert-OH is 3. The summed E-state index contributed by atoms with van der Waals surface area (Å²) in [6.45, 7) is 0.410. The standard InChI is InChI=1S/C18H45N3O7P/c1-19(2,3)10-16(22)13-26-29(25,27-14-17(23)11-20(4,5)6)28-15-18(24)12-21(7,8)9/h16-18,22-24H,10-15H2,1-9H3/q+3. The molecule has 0 aliphatic carbocycles. The zero-order chi connectivity index (χ0) is 23.1. The largest absolute Gasteiger partial charge is 0.475 e. The molecule has 29 heavy (non-hydrogen) atoms. The second-order valence-corrected chi connectivity index (χ2v) is 12.4. The maximum Gasteiger partial charge on any atom is 0.475 e. The minimum Gasteiger partial charge on any atom is -0.385 e. The Morgan fingerprint density at radius 3 is 0.966 bits per heavy atom. The molecule has 0 aromatic rings. The summed E-state index contributed by atoms with van der Waals surface area (Å²) < 4.78 is 30.5. The van der Waals surface area contributed by atoms with Gasteiger partial charge in [-0.15, -0.1) is 0 Å². The number of phosphoric acid groups is 1. The van der Waals surface area contributed by atoms with Gasteiger partial charge in [0, 0.05) is 0 Å². The van der Waals surface area contributed by atoms with E-state index in [4.69, 9.17) is 13.6 Å². The van der Waals surface area contributed by atoms with Crippen molar-refractivity contribution in [2.45, 2.75) is 18.3 Å². The molecule has 0 heterocycles. The first-order chi connectivity index (χ1) is 12.8. The minimum absolute atomic E-state index is 0.246. The van der Waals surface area contributed by atoms with E-state index in [1.165, 1.54) is 0 Å². The average Bonchev–Trinajstić information content (AvgIpc) is 2.44. The fraction of sp³-hybridized carbons (Fsp3) is 1.00. The van der Waals surface area contributed by atoms with E-state index in [1.807, 2.05) is 63.4 Å². The normalized spacial score (nSPS) is 18.9. The summed E-state index contributed by atoms with van der Waals surface area (Å²) in [5.74, 6) is 0. The molecule has 11 heteroatoms. The highest BCUT2D eigenvalue weighted by atomic mass is 31.2. The summed E-state index contributed by atoms with van der Waals surface area (Å²) >= 11 is 0. The number of phosphoric ester groups is 1. The predicted octanol–water partition coefficient (Wildman–Crippen LogP) is -0.654. The van der Waals surface area contributed by atoms with Crippen LogP contribution in [-0.4, -0.2) is 150 Å². The lowest BCUT2D eigenvalue weighted by molar-refractivity contribution is -0.873. The number of rotatable bonds is 15. The van der Waals surface area contributed by atoms with Crippen molar-refractivity contribution in [3.63, 3.8) is 0 Å². The van der Waals surface area contributed by atoms with Gasteiger partial charge in [0.2, 0.25) is 0 Å². The Morgan fingerprint density at radius 1 is 0.586 bits per heavy atom. The van der Waals surface area contributed by atoms with Crippen LogP contribution in [0.4, 0.5) is 0 Å². The molecule has 0 bridgehead atoms. The van der Waals surface area contributed by atoms with Crippen LogP contribution in [0.25, 0.3) is 0 Å². The lowest BCUT2D eigenvalue weighted by atomic mass is 10.3. The zero-order valence-corrected chi connectivity index (χ0v) is 20.6. The smallest absolute Gasteiger partial charge is 0.385 e. The predicted molar refractivity (Wildman–Crippen MR) is 112 cm³/mol. The van der Waals surface area contributed by atoms with Crippen LogP contribution in [0.5, 0.6) is 0 Å². The molecule has 0 aromatic carbocycles. The molecule has 0 radical (unpaired) electrons. The Bertz CT molecular complexity index is 444. The number of aliphatic hydroxyl groups is 3. The van der Waals surface area contributed by atoms with E-state index in [0.29, 0.717) is 33.1 Å². The molecule has 0 aliphatic rings. The summed E-state index contributed by atoms with van der Waals surface area (Å²) in [4.78, 5) is 0. The van der Waals surface area contributed by atoms with Crippen molar-refractivity contribution in [3.05, 3.63) is 0 Å². The monoisotopic (exact) mass is 446 g/mol. The quantitative estimate of drug-likeness (QED) is 0.227. The van der Waals surface area contributed by atoms with Crippen LogP contribution < -0.4 is 0 Å². The summed E-state index contributed by atoms with van der Waals surface area (Å²) in [5, 5.41) is 30.4. The van der Waals surface area contributed by atoms with Crippen molar-refractivity contribution < 1.29 is 46.9 Å². The second kappa shape index (κ2) is 11.5. The molecule has 0 saturated heterocycles. The van der Waals surface area contributed by atoms with E-state index in [1.54, 1.807) is 0 Å². The summed E-state index contributed by atoms with van der Waals surface area (Å²) in [5.41, 5.74) is 0. The lowest BCUT2D eigenvalue weighted by Crippen LogP contribution is -2.43. The number of likely N-dealkylation sites (N-methyl/N-ethyl adjacent to an activating group) is 3. The van der Waals surface area contributed by atoms with Crippen molar-refractivity contribution in [2.75, 3.05) is 103 Å². The average molecular weight is 447 g/mol. The molecule has 0 saturated carbocycles. The Balaban J connectivity index is 4.94. The van der Waals surface area contributed by atoms with Crippen LogP contribution in [0.1, 0.15) is 0 Å². The van der Waals surface area contributed by atoms with Gasteiger partial charge in [0.15, 0.2) is 0 Å². The van der Waals surface area contributed by atoms with E-state index >= 15 is 0 Å². The number of nitrogens with zero attached hydrogens (tertiary/aromatic N) is 3. The Kier molecular flexibility index (Phi) is 11.4. The molecule has 0 spiro atoms. The highest BCUT2D eigenvalue weighted by Crippen LogP contribution is 2.49. The summed E-state index contributed by atoms with van der Waals surface area (Å²) in [7, 11) is 13.2. The molecule has 3 unspecified atom stereocenters. The van der Waals surface area contributed by atoms with Gasteiger partial charge in [-0.3, -0.25) is 13.6 Å². The van der Waals surface area contributed by atoms with Crippen LogP contribution in [0, 0.1) is 0 Å². The molecule has 0 rings (SSSR count). The second-order valence-electron chi connectivity index (χ2n) is 10.7. The topological polar surface area (TPSA) is 105 Å². The Morgan fingerprint density at radius 2 is 0.793 bits per heavy atom. The van der Waals surface area contributed by atoms with Crippen molar-refractivity contribution in [1.29, 1.82) is 0 Å². The van der Waals surface area contributed by atoms with Crippen molar-refractivity contribution in [2.24, 2.45) is 0 Å². The number of hydrogen-bond donors (Lipinski definition) is 3. The molecule has 0 aliphatic heterocycles. The SMILES string of the molecule is C[N+](C)(C)CC(O)COP(=O)(OCC(O)C[N+](C)(C)C)OCC(O)C[N+](C)(C)C. The van der Waals surface area contributed by atoms with Gasteiger partial charge >= 0.3 is 7.82 Å². The fourth-order valence-electron chi connectivity index (χ4n) is 2.70. The molecular formula is C18H45N3O7P+3. The van der Waals surface area contributed by atoms with E-state index in [2.05, 4.69) is 0 Å². The molecule has 10 nitrogen and oxygen atoms in total. The van der Waals surface area contributed by atoms with E-state index in [9.17, 15) is 19.9 Å². The Labute approximate surface area is 176 Å². The molecule has 0 fully saturated rings. The molecule has 3 atom stereocenters. The van der Waals surface area contributed by atoms with Crippen molar-refractivity contribution >= 4 is 7.82 Å². The number of quaternary nitrogens is 3. The van der Waals surface area contributed by atoms with Gasteiger partial charge in [-0.25, -0.2) is 4.57 Å². The zero-order valence-electron chi connectivity index (χ0n) is 19.7. The van der Waals surface area contributed by atoms with E-state index in [0.717, 1.165) is 0 Å². The van der Waals surface area contributed by atoms with Crippen LogP contribution >= 0.6 is 7.82 Å². The highest BCUT2D eigenvalue weighted by molar-refractivity contribution is 7.48. The fourth-order valence-corrected chi connectivity index (χ4v) is 3.99. The van der Waals surface area contributed by atoms with Gasteiger partial charge in [0.05, 0.1) is 83.2 Å². The molecule has 0 aromatic heterocycles. The third kappa shape index (κ3) is 17.3. The maximum absolute atomic E-state index is 13.0. The van der Waals surface area contributed by atoms with Gasteiger partial charge in [-0.1, -0.05) is 0 Å². The van der Waals surface area contributed by atoms with Gasteiger partial charge < -0.3 is 28.8 Å². The van der Waals surface area contributed by atoms with Gasteiger partial charge in [0.1, 0.15) is 37.9 Å². The van der Waals surface area contributed by atoms with Crippen LogP contribution in [0.2, 0.25) is 0 Å².